The van der Waals surface area contributed by atoms with Crippen molar-refractivity contribution in [3.8, 4) is 11.5 Å². The van der Waals surface area contributed by atoms with Crippen LogP contribution in [0.5, 0.6) is 11.5 Å². The van der Waals surface area contributed by atoms with E-state index in [2.05, 4.69) is 0 Å². The summed E-state index contributed by atoms with van der Waals surface area (Å²) in [5.74, 6) is -0.379. The third-order valence-electron chi connectivity index (χ3n) is 3.62. The van der Waals surface area contributed by atoms with Gasteiger partial charge in [-0.25, -0.2) is 0 Å². The van der Waals surface area contributed by atoms with E-state index < -0.39 is 0 Å². The second-order valence-electron chi connectivity index (χ2n) is 4.68. The van der Waals surface area contributed by atoms with Gasteiger partial charge < -0.3 is 9.84 Å². The summed E-state index contributed by atoms with van der Waals surface area (Å²) < 4.78 is 5.05. The van der Waals surface area contributed by atoms with E-state index >= 15 is 0 Å². The summed E-state index contributed by atoms with van der Waals surface area (Å²) in [5, 5.41) is 10.0. The number of methoxy groups -OCH3 is 1. The molecule has 0 aromatic heterocycles. The van der Waals surface area contributed by atoms with Crippen LogP contribution in [0, 0.1) is 6.92 Å². The smallest absolute Gasteiger partial charge is 0.194 e. The molecule has 0 saturated carbocycles. The van der Waals surface area contributed by atoms with Crippen LogP contribution in [-0.4, -0.2) is 23.8 Å². The summed E-state index contributed by atoms with van der Waals surface area (Å²) in [6.45, 7) is 1.61. The monoisotopic (exact) mass is 268 g/mol. The molecule has 0 heterocycles. The first-order valence-electron chi connectivity index (χ1n) is 6.15. The summed E-state index contributed by atoms with van der Waals surface area (Å²) in [6, 6.07) is 8.12. The number of hydrogen-bond acceptors (Lipinski definition) is 4. The van der Waals surface area contributed by atoms with Crippen LogP contribution >= 0.6 is 0 Å². The highest BCUT2D eigenvalue weighted by atomic mass is 16.5. The van der Waals surface area contributed by atoms with Crippen molar-refractivity contribution in [1.29, 1.82) is 0 Å². The van der Waals surface area contributed by atoms with E-state index in [0.717, 1.165) is 0 Å². The molecule has 0 atom stereocenters. The molecular formula is C16H12O4. The predicted octanol–water partition coefficient (Wildman–Crippen LogP) is 2.48. The highest BCUT2D eigenvalue weighted by Gasteiger charge is 2.32. The molecule has 4 nitrogen and oxygen atoms in total. The van der Waals surface area contributed by atoms with Crippen LogP contribution in [0.3, 0.4) is 0 Å². The molecule has 1 aliphatic rings. The first-order valence-corrected chi connectivity index (χ1v) is 6.15. The van der Waals surface area contributed by atoms with Crippen molar-refractivity contribution in [2.24, 2.45) is 0 Å². The summed E-state index contributed by atoms with van der Waals surface area (Å²) in [5.41, 5.74) is 1.66. The van der Waals surface area contributed by atoms with Crippen LogP contribution in [0.1, 0.15) is 37.4 Å². The Hall–Kier alpha value is -2.62. The molecule has 0 fully saturated rings. The van der Waals surface area contributed by atoms with Gasteiger partial charge in [0.2, 0.25) is 0 Å². The number of benzene rings is 2. The Bertz CT molecular complexity index is 759. The summed E-state index contributed by atoms with van der Waals surface area (Å²) >= 11 is 0. The van der Waals surface area contributed by atoms with Gasteiger partial charge in [0, 0.05) is 27.8 Å². The van der Waals surface area contributed by atoms with Crippen molar-refractivity contribution in [2.75, 3.05) is 7.11 Å². The maximum absolute atomic E-state index is 12.5. The molecule has 100 valence electrons. The molecule has 0 spiro atoms. The van der Waals surface area contributed by atoms with Crippen LogP contribution < -0.4 is 4.74 Å². The van der Waals surface area contributed by atoms with Crippen LogP contribution in [-0.2, 0) is 0 Å². The number of phenols is 1. The Kier molecular flexibility index (Phi) is 2.61. The van der Waals surface area contributed by atoms with Gasteiger partial charge in [-0.3, -0.25) is 9.59 Å². The molecule has 0 saturated heterocycles. The zero-order valence-electron chi connectivity index (χ0n) is 11.1. The van der Waals surface area contributed by atoms with Crippen molar-refractivity contribution >= 4 is 11.6 Å². The number of rotatable bonds is 1. The van der Waals surface area contributed by atoms with Gasteiger partial charge in [0.1, 0.15) is 0 Å². The molecule has 4 heteroatoms. The molecule has 2 aromatic carbocycles. The average Bonchev–Trinajstić information content (AvgIpc) is 2.47. The number of hydrogen-bond donors (Lipinski definition) is 1. The minimum absolute atomic E-state index is 0.105. The van der Waals surface area contributed by atoms with E-state index in [1.165, 1.54) is 13.2 Å². The van der Waals surface area contributed by atoms with Gasteiger partial charge >= 0.3 is 0 Å². The highest BCUT2D eigenvalue weighted by Crippen LogP contribution is 2.39. The van der Waals surface area contributed by atoms with E-state index in [1.807, 2.05) is 0 Å². The van der Waals surface area contributed by atoms with E-state index in [1.54, 1.807) is 31.2 Å². The third-order valence-corrected chi connectivity index (χ3v) is 3.62. The fraction of sp³-hybridized carbons (Fsp3) is 0.125. The maximum atomic E-state index is 12.5. The number of ketones is 2. The minimum atomic E-state index is -0.245. The molecule has 1 aliphatic carbocycles. The van der Waals surface area contributed by atoms with Gasteiger partial charge in [-0.2, -0.15) is 0 Å². The first kappa shape index (κ1) is 12.4. The number of carbonyl (C=O) groups excluding carboxylic acids is 2. The number of aromatic hydroxyl groups is 1. The second-order valence-corrected chi connectivity index (χ2v) is 4.68. The van der Waals surface area contributed by atoms with Crippen LogP contribution in [0.15, 0.2) is 30.3 Å². The molecule has 0 unspecified atom stereocenters. The normalized spacial score (nSPS) is 12.9. The Morgan fingerprint density at radius 2 is 1.60 bits per heavy atom. The summed E-state index contributed by atoms with van der Waals surface area (Å²) in [7, 11) is 1.41. The highest BCUT2D eigenvalue weighted by molar-refractivity contribution is 6.29. The SMILES string of the molecule is COc1cc2c(c(C)c1O)C(=O)c1ccccc1C2=O. The fourth-order valence-electron chi connectivity index (χ4n) is 2.56. The molecule has 0 bridgehead atoms. The van der Waals surface area contributed by atoms with Gasteiger partial charge in [0.15, 0.2) is 23.1 Å². The van der Waals surface area contributed by atoms with E-state index in [0.29, 0.717) is 16.7 Å². The molecule has 0 amide bonds. The molecule has 0 aliphatic heterocycles. The average molecular weight is 268 g/mol. The lowest BCUT2D eigenvalue weighted by Crippen LogP contribution is -2.22. The van der Waals surface area contributed by atoms with Crippen LogP contribution in [0.25, 0.3) is 0 Å². The Labute approximate surface area is 115 Å². The largest absolute Gasteiger partial charge is 0.504 e. The summed E-state index contributed by atoms with van der Waals surface area (Å²) in [4.78, 5) is 25.0. The van der Waals surface area contributed by atoms with Crippen molar-refractivity contribution in [1.82, 2.24) is 0 Å². The lowest BCUT2D eigenvalue weighted by molar-refractivity contribution is 0.0978. The fourth-order valence-corrected chi connectivity index (χ4v) is 2.56. The molecule has 0 radical (unpaired) electrons. The maximum Gasteiger partial charge on any atom is 0.194 e. The number of phenolic OH excluding ortho intramolecular Hbond substituents is 1. The van der Waals surface area contributed by atoms with Gasteiger partial charge in [0.05, 0.1) is 7.11 Å². The Morgan fingerprint density at radius 1 is 1.00 bits per heavy atom. The van der Waals surface area contributed by atoms with E-state index in [9.17, 15) is 14.7 Å². The summed E-state index contributed by atoms with van der Waals surface area (Å²) in [6.07, 6.45) is 0. The van der Waals surface area contributed by atoms with Gasteiger partial charge in [0.25, 0.3) is 0 Å². The zero-order valence-corrected chi connectivity index (χ0v) is 11.1. The molecule has 3 rings (SSSR count). The lowest BCUT2D eigenvalue weighted by Gasteiger charge is -2.20. The van der Waals surface area contributed by atoms with E-state index in [4.69, 9.17) is 4.74 Å². The van der Waals surface area contributed by atoms with Gasteiger partial charge in [-0.15, -0.1) is 0 Å². The number of fused-ring (bicyclic) bond motifs is 2. The third kappa shape index (κ3) is 1.48. The van der Waals surface area contributed by atoms with Crippen molar-refractivity contribution < 1.29 is 19.4 Å². The Balaban J connectivity index is 2.36. The molecular weight excluding hydrogens is 256 g/mol. The zero-order chi connectivity index (χ0) is 14.4. The van der Waals surface area contributed by atoms with Gasteiger partial charge in [-0.05, 0) is 13.0 Å². The van der Waals surface area contributed by atoms with Crippen molar-refractivity contribution in [3.63, 3.8) is 0 Å². The topological polar surface area (TPSA) is 63.6 Å². The van der Waals surface area contributed by atoms with Gasteiger partial charge in [-0.1, -0.05) is 24.3 Å². The van der Waals surface area contributed by atoms with E-state index in [-0.39, 0.29) is 34.2 Å². The predicted molar refractivity (Wildman–Crippen MR) is 72.7 cm³/mol. The van der Waals surface area contributed by atoms with Crippen molar-refractivity contribution in [2.45, 2.75) is 6.92 Å². The van der Waals surface area contributed by atoms with Crippen molar-refractivity contribution in [3.05, 3.63) is 58.1 Å². The van der Waals surface area contributed by atoms with Crippen LogP contribution in [0.2, 0.25) is 0 Å². The second kappa shape index (κ2) is 4.20. The minimum Gasteiger partial charge on any atom is -0.504 e. The van der Waals surface area contributed by atoms with Crippen LogP contribution in [0.4, 0.5) is 0 Å². The quantitative estimate of drug-likeness (QED) is 0.736. The number of ether oxygens (including phenoxy) is 1. The Morgan fingerprint density at radius 3 is 2.20 bits per heavy atom. The molecule has 1 N–H and O–H groups in total. The standard InChI is InChI=1S/C16H12O4/c1-8-13-11(7-12(20-2)14(8)17)15(18)9-5-3-4-6-10(9)16(13)19/h3-7,17H,1-2H3. The first-order chi connectivity index (χ1) is 9.56. The molecule has 20 heavy (non-hydrogen) atoms. The molecule has 2 aromatic rings. The number of carbonyl (C=O) groups is 2. The lowest BCUT2D eigenvalue weighted by atomic mass is 9.81.